The first-order valence-corrected chi connectivity index (χ1v) is 8.46. The van der Waals surface area contributed by atoms with Crippen LogP contribution in [0.3, 0.4) is 0 Å². The number of hydrazine groups is 1. The fourth-order valence-electron chi connectivity index (χ4n) is 2.91. The Morgan fingerprint density at radius 3 is 2.83 bits per heavy atom. The van der Waals surface area contributed by atoms with Crippen LogP contribution in [0.5, 0.6) is 0 Å². The largest absolute Gasteiger partial charge is 0.444 e. The molecule has 1 saturated heterocycles. The van der Waals surface area contributed by atoms with Crippen LogP contribution in [0.15, 0.2) is 0 Å². The maximum atomic E-state index is 12.1. The Morgan fingerprint density at radius 1 is 1.42 bits per heavy atom. The van der Waals surface area contributed by atoms with Gasteiger partial charge in [0, 0.05) is 6.42 Å². The third kappa shape index (κ3) is 3.30. The quantitative estimate of drug-likeness (QED) is 0.398. The van der Waals surface area contributed by atoms with E-state index in [4.69, 9.17) is 15.3 Å². The van der Waals surface area contributed by atoms with Crippen LogP contribution in [0.2, 0.25) is 0 Å². The topological polar surface area (TPSA) is 119 Å². The molecule has 2 bridgehead atoms. The third-order valence-electron chi connectivity index (χ3n) is 3.74. The van der Waals surface area contributed by atoms with E-state index in [1.807, 2.05) is 0 Å². The summed E-state index contributed by atoms with van der Waals surface area (Å²) in [5, 5.41) is 3.11. The lowest BCUT2D eigenvalue weighted by atomic mass is 9.97. The zero-order valence-electron chi connectivity index (χ0n) is 13.8. The molecule has 10 heteroatoms. The van der Waals surface area contributed by atoms with Crippen molar-refractivity contribution in [1.29, 1.82) is 0 Å². The van der Waals surface area contributed by atoms with Gasteiger partial charge in [0.2, 0.25) is 0 Å². The minimum Gasteiger partial charge on any atom is -0.444 e. The number of hydrogen-bond acceptors (Lipinski definition) is 7. The average molecular weight is 355 g/mol. The van der Waals surface area contributed by atoms with E-state index in [-0.39, 0.29) is 18.1 Å². The SMILES string of the molecule is CC(C)(C)OC(=O)Nc1nc2c(s1)C1COCC(C2)N1C(=O)NN. The molecule has 0 radical (unpaired) electrons. The second-order valence-corrected chi connectivity index (χ2v) is 7.76. The summed E-state index contributed by atoms with van der Waals surface area (Å²) >= 11 is 1.32. The molecule has 1 aromatic rings. The first-order valence-electron chi connectivity index (χ1n) is 7.64. The predicted octanol–water partition coefficient (Wildman–Crippen LogP) is 1.37. The lowest BCUT2D eigenvalue weighted by Gasteiger charge is -2.44. The molecule has 3 heterocycles. The van der Waals surface area contributed by atoms with Crippen molar-refractivity contribution in [3.8, 4) is 0 Å². The summed E-state index contributed by atoms with van der Waals surface area (Å²) in [6.45, 7) is 6.20. The van der Waals surface area contributed by atoms with Crippen LogP contribution in [0, 0.1) is 0 Å². The summed E-state index contributed by atoms with van der Waals surface area (Å²) < 4.78 is 10.8. The molecule has 132 valence electrons. The maximum absolute atomic E-state index is 12.1. The van der Waals surface area contributed by atoms with Crippen molar-refractivity contribution in [3.05, 3.63) is 10.6 Å². The Bertz CT molecular complexity index is 656. The maximum Gasteiger partial charge on any atom is 0.413 e. The predicted molar refractivity (Wildman–Crippen MR) is 87.6 cm³/mol. The molecule has 3 amide bonds. The summed E-state index contributed by atoms with van der Waals surface area (Å²) in [5.74, 6) is 5.29. The lowest BCUT2D eigenvalue weighted by molar-refractivity contribution is -0.0336. The number of ether oxygens (including phenoxy) is 2. The molecular weight excluding hydrogens is 334 g/mol. The zero-order chi connectivity index (χ0) is 17.5. The number of aromatic nitrogens is 1. The van der Waals surface area contributed by atoms with Crippen molar-refractivity contribution < 1.29 is 19.1 Å². The van der Waals surface area contributed by atoms with Crippen molar-refractivity contribution >= 4 is 28.6 Å². The van der Waals surface area contributed by atoms with Crippen molar-refractivity contribution in [2.45, 2.75) is 44.9 Å². The normalized spacial score (nSPS) is 22.6. The number of hydrogen-bond donors (Lipinski definition) is 3. The molecule has 0 aromatic carbocycles. The molecule has 0 saturated carbocycles. The molecule has 2 aliphatic heterocycles. The van der Waals surface area contributed by atoms with Gasteiger partial charge in [-0.2, -0.15) is 0 Å². The van der Waals surface area contributed by atoms with Gasteiger partial charge in [-0.15, -0.1) is 0 Å². The highest BCUT2D eigenvalue weighted by Gasteiger charge is 2.43. The molecule has 2 aliphatic rings. The van der Waals surface area contributed by atoms with Crippen LogP contribution in [0.4, 0.5) is 14.7 Å². The summed E-state index contributed by atoms with van der Waals surface area (Å²) in [5.41, 5.74) is 2.48. The highest BCUT2D eigenvalue weighted by Crippen LogP contribution is 2.41. The molecule has 2 unspecified atom stereocenters. The van der Waals surface area contributed by atoms with Crippen LogP contribution in [0.1, 0.15) is 37.4 Å². The Hall–Kier alpha value is -1.91. The van der Waals surface area contributed by atoms with Crippen molar-refractivity contribution in [3.63, 3.8) is 0 Å². The van der Waals surface area contributed by atoms with Crippen LogP contribution < -0.4 is 16.6 Å². The van der Waals surface area contributed by atoms with E-state index in [0.29, 0.717) is 24.8 Å². The minimum absolute atomic E-state index is 0.115. The van der Waals surface area contributed by atoms with Gasteiger partial charge in [-0.3, -0.25) is 10.7 Å². The number of fused-ring (bicyclic) bond motifs is 4. The van der Waals surface area contributed by atoms with Gasteiger partial charge in [0.25, 0.3) is 0 Å². The smallest absolute Gasteiger partial charge is 0.413 e. The van der Waals surface area contributed by atoms with E-state index in [9.17, 15) is 9.59 Å². The second kappa shape index (κ2) is 6.19. The molecule has 1 fully saturated rings. The molecule has 24 heavy (non-hydrogen) atoms. The number of thiazole rings is 1. The molecule has 2 atom stereocenters. The summed E-state index contributed by atoms with van der Waals surface area (Å²) in [6, 6.07) is -0.701. The van der Waals surface area contributed by atoms with Gasteiger partial charge in [-0.25, -0.2) is 20.4 Å². The third-order valence-corrected chi connectivity index (χ3v) is 4.85. The van der Waals surface area contributed by atoms with E-state index in [0.717, 1.165) is 10.6 Å². The molecule has 1 aromatic heterocycles. The van der Waals surface area contributed by atoms with Gasteiger partial charge in [-0.1, -0.05) is 11.3 Å². The fraction of sp³-hybridized carbons (Fsp3) is 0.643. The van der Waals surface area contributed by atoms with Crippen molar-refractivity contribution in [2.75, 3.05) is 18.5 Å². The number of urea groups is 1. The summed E-state index contributed by atoms with van der Waals surface area (Å²) in [6.07, 6.45) is 0.00976. The van der Waals surface area contributed by atoms with Crippen LogP contribution in [0.25, 0.3) is 0 Å². The molecule has 0 aliphatic carbocycles. The van der Waals surface area contributed by atoms with Gasteiger partial charge in [0.15, 0.2) is 5.13 Å². The molecule has 0 spiro atoms. The van der Waals surface area contributed by atoms with Gasteiger partial charge in [0.05, 0.1) is 35.9 Å². The number of morpholine rings is 1. The Balaban J connectivity index is 1.80. The van der Waals surface area contributed by atoms with Gasteiger partial charge < -0.3 is 14.4 Å². The number of anilines is 1. The highest BCUT2D eigenvalue weighted by molar-refractivity contribution is 7.16. The van der Waals surface area contributed by atoms with Crippen molar-refractivity contribution in [1.82, 2.24) is 15.3 Å². The number of nitrogens with one attached hydrogen (secondary N) is 2. The standard InChI is InChI=1S/C14H21N5O4S/c1-14(2,3)23-13(21)17-11-16-8-4-7-5-22-6-9(10(8)24-11)19(7)12(20)18-15/h7,9H,4-6,15H2,1-3H3,(H,18,20)(H,16,17,21). The van der Waals surface area contributed by atoms with Gasteiger partial charge >= 0.3 is 12.1 Å². The Labute approximate surface area is 143 Å². The highest BCUT2D eigenvalue weighted by atomic mass is 32.1. The van der Waals surface area contributed by atoms with E-state index in [2.05, 4.69) is 15.7 Å². The molecule has 3 rings (SSSR count). The van der Waals surface area contributed by atoms with Crippen LogP contribution >= 0.6 is 11.3 Å². The number of nitrogens with two attached hydrogens (primary N) is 1. The van der Waals surface area contributed by atoms with E-state index in [1.165, 1.54) is 11.3 Å². The van der Waals surface area contributed by atoms with E-state index >= 15 is 0 Å². The fourth-order valence-corrected chi connectivity index (χ4v) is 3.97. The minimum atomic E-state index is -0.582. The first kappa shape index (κ1) is 16.9. The Morgan fingerprint density at radius 2 is 2.17 bits per heavy atom. The van der Waals surface area contributed by atoms with E-state index in [1.54, 1.807) is 25.7 Å². The number of amides is 3. The lowest BCUT2D eigenvalue weighted by Crippen LogP contribution is -2.57. The van der Waals surface area contributed by atoms with E-state index < -0.39 is 11.7 Å². The second-order valence-electron chi connectivity index (χ2n) is 6.72. The summed E-state index contributed by atoms with van der Waals surface area (Å²) in [4.78, 5) is 31.0. The van der Waals surface area contributed by atoms with Crippen molar-refractivity contribution in [2.24, 2.45) is 5.84 Å². The van der Waals surface area contributed by atoms with Crippen LogP contribution in [-0.4, -0.2) is 46.9 Å². The number of nitrogens with zero attached hydrogens (tertiary/aromatic N) is 2. The molecule has 4 N–H and O–H groups in total. The van der Waals surface area contributed by atoms with Gasteiger partial charge in [0.1, 0.15) is 5.60 Å². The zero-order valence-corrected chi connectivity index (χ0v) is 14.6. The molecular formula is C14H21N5O4S. The monoisotopic (exact) mass is 355 g/mol. The number of carbonyl (C=O) groups excluding carboxylic acids is 2. The number of carbonyl (C=O) groups is 2. The van der Waals surface area contributed by atoms with Crippen LogP contribution in [-0.2, 0) is 15.9 Å². The molecule has 9 nitrogen and oxygen atoms in total. The first-order chi connectivity index (χ1) is 11.3. The average Bonchev–Trinajstić information content (AvgIpc) is 2.85. The summed E-state index contributed by atoms with van der Waals surface area (Å²) in [7, 11) is 0. The van der Waals surface area contributed by atoms with Gasteiger partial charge in [-0.05, 0) is 20.8 Å². The Kier molecular flexibility index (Phi) is 4.37. The number of rotatable bonds is 1.